The second-order valence-electron chi connectivity index (χ2n) is 7.04. The molecule has 0 unspecified atom stereocenters. The maximum absolute atomic E-state index is 13.2. The molecule has 2 aliphatic heterocycles. The number of benzene rings is 2. The minimum absolute atomic E-state index is 0.0875. The molecule has 6 nitrogen and oxygen atoms in total. The van der Waals surface area contributed by atoms with Gasteiger partial charge in [-0.1, -0.05) is 29.8 Å². The molecule has 1 amide bonds. The molecule has 1 saturated heterocycles. The molecule has 0 spiro atoms. The monoisotopic (exact) mass is 442 g/mol. The van der Waals surface area contributed by atoms with Gasteiger partial charge in [-0.2, -0.15) is 5.26 Å². The first-order valence-corrected chi connectivity index (χ1v) is 10.6. The average Bonchev–Trinajstić information content (AvgIpc) is 3.13. The second-order valence-corrected chi connectivity index (χ2v) is 8.44. The summed E-state index contributed by atoms with van der Waals surface area (Å²) >= 11 is 7.29. The Morgan fingerprint density at radius 3 is 2.53 bits per heavy atom. The molecule has 1 N–H and O–H groups in total. The number of hydrogen-bond donors (Lipinski definition) is 1. The molecule has 4 rings (SSSR count). The van der Waals surface area contributed by atoms with Crippen molar-refractivity contribution in [2.24, 2.45) is 0 Å². The summed E-state index contributed by atoms with van der Waals surface area (Å²) in [5.74, 6) is 0.575. The van der Waals surface area contributed by atoms with Crippen LogP contribution in [-0.2, 0) is 10.5 Å². The van der Waals surface area contributed by atoms with Crippen LogP contribution >= 0.6 is 23.4 Å². The lowest BCUT2D eigenvalue weighted by Gasteiger charge is -2.38. The van der Waals surface area contributed by atoms with Gasteiger partial charge in [-0.15, -0.1) is 11.8 Å². The van der Waals surface area contributed by atoms with E-state index < -0.39 is 5.72 Å². The van der Waals surface area contributed by atoms with Crippen LogP contribution in [0.4, 0.5) is 0 Å². The molecule has 0 radical (unpaired) electrons. The number of carbonyl (C=O) groups is 1. The molecule has 2 aromatic carbocycles. The minimum Gasteiger partial charge on any atom is -0.493 e. The van der Waals surface area contributed by atoms with Gasteiger partial charge in [0.2, 0.25) is 5.91 Å². The number of amides is 1. The lowest BCUT2D eigenvalue weighted by Crippen LogP contribution is -2.48. The number of rotatable bonds is 4. The van der Waals surface area contributed by atoms with Gasteiger partial charge >= 0.3 is 0 Å². The number of methoxy groups -OCH3 is 2. The van der Waals surface area contributed by atoms with E-state index >= 15 is 0 Å². The van der Waals surface area contributed by atoms with E-state index in [1.54, 1.807) is 30.3 Å². The van der Waals surface area contributed by atoms with E-state index in [4.69, 9.17) is 21.1 Å². The Labute approximate surface area is 183 Å². The van der Waals surface area contributed by atoms with Gasteiger partial charge in [-0.25, -0.2) is 0 Å². The van der Waals surface area contributed by atoms with Crippen LogP contribution in [0.1, 0.15) is 23.5 Å². The molecule has 0 aliphatic carbocycles. The van der Waals surface area contributed by atoms with Crippen LogP contribution in [0.25, 0.3) is 0 Å². The van der Waals surface area contributed by atoms with Crippen molar-refractivity contribution in [3.05, 3.63) is 69.2 Å². The van der Waals surface area contributed by atoms with Gasteiger partial charge in [-0.3, -0.25) is 9.69 Å². The first-order chi connectivity index (χ1) is 14.4. The molecule has 2 aliphatic rings. The van der Waals surface area contributed by atoms with Crippen LogP contribution in [0.15, 0.2) is 53.1 Å². The fourth-order valence-corrected chi connectivity index (χ4v) is 5.39. The summed E-state index contributed by atoms with van der Waals surface area (Å²) in [6.45, 7) is 0. The zero-order valence-electron chi connectivity index (χ0n) is 16.4. The third-order valence-electron chi connectivity index (χ3n) is 5.43. The number of halogens is 1. The highest BCUT2D eigenvalue weighted by Crippen LogP contribution is 2.52. The van der Waals surface area contributed by atoms with E-state index in [0.29, 0.717) is 32.7 Å². The van der Waals surface area contributed by atoms with Gasteiger partial charge in [0, 0.05) is 22.9 Å². The number of nitriles is 1. The molecule has 8 heteroatoms. The quantitative estimate of drug-likeness (QED) is 0.770. The topological polar surface area (TPSA) is 82.8 Å². The Balaban J connectivity index is 1.79. The molecule has 1 fully saturated rings. The van der Waals surface area contributed by atoms with Gasteiger partial charge in [0.1, 0.15) is 0 Å². The molecule has 2 heterocycles. The highest BCUT2D eigenvalue weighted by Gasteiger charge is 2.52. The summed E-state index contributed by atoms with van der Waals surface area (Å²) in [4.78, 5) is 14.5. The number of aliphatic hydroxyl groups is 1. The van der Waals surface area contributed by atoms with Gasteiger partial charge < -0.3 is 14.6 Å². The van der Waals surface area contributed by atoms with Crippen molar-refractivity contribution in [2.45, 2.75) is 18.1 Å². The summed E-state index contributed by atoms with van der Waals surface area (Å²) in [7, 11) is 3.04. The minimum atomic E-state index is -1.58. The Morgan fingerprint density at radius 2 is 1.90 bits per heavy atom. The van der Waals surface area contributed by atoms with Crippen molar-refractivity contribution in [3.63, 3.8) is 0 Å². The number of ether oxygens (including phenoxy) is 2. The molecule has 2 aromatic rings. The highest BCUT2D eigenvalue weighted by atomic mass is 35.5. The Hall–Kier alpha value is -2.66. The first kappa shape index (κ1) is 20.6. The maximum atomic E-state index is 13.2. The number of carbonyl (C=O) groups excluding carboxylic acids is 1. The normalized spacial score (nSPS) is 23.2. The van der Waals surface area contributed by atoms with E-state index in [1.807, 2.05) is 12.1 Å². The van der Waals surface area contributed by atoms with Gasteiger partial charge in [0.25, 0.3) is 0 Å². The van der Waals surface area contributed by atoms with Crippen LogP contribution in [0.2, 0.25) is 5.02 Å². The largest absolute Gasteiger partial charge is 0.493 e. The first-order valence-electron chi connectivity index (χ1n) is 9.23. The van der Waals surface area contributed by atoms with Gasteiger partial charge in [0.05, 0.1) is 36.6 Å². The number of hydrogen-bond acceptors (Lipinski definition) is 6. The highest BCUT2D eigenvalue weighted by molar-refractivity contribution is 8.03. The zero-order valence-corrected chi connectivity index (χ0v) is 18.0. The van der Waals surface area contributed by atoms with E-state index in [9.17, 15) is 15.2 Å². The molecule has 154 valence electrons. The summed E-state index contributed by atoms with van der Waals surface area (Å²) in [6, 6.07) is 14.5. The molecule has 0 bridgehead atoms. The van der Waals surface area contributed by atoms with E-state index in [2.05, 4.69) is 6.07 Å². The third-order valence-corrected chi connectivity index (χ3v) is 6.90. The zero-order chi connectivity index (χ0) is 21.5. The van der Waals surface area contributed by atoms with Crippen LogP contribution in [-0.4, -0.2) is 35.9 Å². The standard InChI is InChI=1S/C22H19ClN2O4S/c1-28-18-8-5-14(9-19(18)29-2)22(27)12-30-21-17(11-24)16(10-20(26)25(21)22)13-3-6-15(23)7-4-13/h3-9,16,27H,10,12H2,1-2H3/t16-,22-/m1/s1. The number of thioether (sulfide) groups is 1. The van der Waals surface area contributed by atoms with E-state index in [-0.39, 0.29) is 24.0 Å². The van der Waals surface area contributed by atoms with Crippen molar-refractivity contribution in [1.82, 2.24) is 4.90 Å². The third kappa shape index (κ3) is 3.21. The predicted molar refractivity (Wildman–Crippen MR) is 114 cm³/mol. The predicted octanol–water partition coefficient (Wildman–Crippen LogP) is 4.00. The second kappa shape index (κ2) is 7.88. The number of allylic oxidation sites excluding steroid dienone is 1. The van der Waals surface area contributed by atoms with Crippen LogP contribution in [0.5, 0.6) is 11.5 Å². The fraction of sp³-hybridized carbons (Fsp3) is 0.273. The lowest BCUT2D eigenvalue weighted by molar-refractivity contribution is -0.149. The molecule has 30 heavy (non-hydrogen) atoms. The molecule has 0 aromatic heterocycles. The Kier molecular flexibility index (Phi) is 5.41. The average molecular weight is 443 g/mol. The Morgan fingerprint density at radius 1 is 1.20 bits per heavy atom. The van der Waals surface area contributed by atoms with Crippen molar-refractivity contribution in [3.8, 4) is 17.6 Å². The summed E-state index contributed by atoms with van der Waals surface area (Å²) < 4.78 is 10.6. The summed E-state index contributed by atoms with van der Waals surface area (Å²) in [5, 5.41) is 22.5. The van der Waals surface area contributed by atoms with Crippen molar-refractivity contribution < 1.29 is 19.4 Å². The molecule has 2 atom stereocenters. The van der Waals surface area contributed by atoms with Gasteiger partial charge in [0.15, 0.2) is 17.2 Å². The Bertz CT molecular complexity index is 1080. The number of fused-ring (bicyclic) bond motifs is 1. The summed E-state index contributed by atoms with van der Waals surface area (Å²) in [5.41, 5.74) is 0.235. The molecule has 0 saturated carbocycles. The molecular formula is C22H19ClN2O4S. The lowest BCUT2D eigenvalue weighted by atomic mass is 9.85. The van der Waals surface area contributed by atoms with Crippen LogP contribution in [0.3, 0.4) is 0 Å². The van der Waals surface area contributed by atoms with Crippen molar-refractivity contribution >= 4 is 29.3 Å². The van der Waals surface area contributed by atoms with Crippen LogP contribution in [0, 0.1) is 11.3 Å². The maximum Gasteiger partial charge on any atom is 0.231 e. The molecular weight excluding hydrogens is 424 g/mol. The smallest absolute Gasteiger partial charge is 0.231 e. The van der Waals surface area contributed by atoms with E-state index in [1.165, 1.54) is 30.9 Å². The summed E-state index contributed by atoms with van der Waals surface area (Å²) in [6.07, 6.45) is 0.0875. The SMILES string of the molecule is COc1ccc([C@]2(O)CSC3=C(C#N)[C@@H](c4ccc(Cl)cc4)CC(=O)N32)cc1OC. The van der Waals surface area contributed by atoms with Crippen molar-refractivity contribution in [2.75, 3.05) is 20.0 Å². The van der Waals surface area contributed by atoms with E-state index in [0.717, 1.165) is 5.56 Å². The number of nitrogens with zero attached hydrogens (tertiary/aromatic N) is 2. The van der Waals surface area contributed by atoms with Crippen LogP contribution < -0.4 is 9.47 Å². The fourth-order valence-electron chi connectivity index (χ4n) is 3.90. The van der Waals surface area contributed by atoms with Crippen molar-refractivity contribution in [1.29, 1.82) is 5.26 Å². The van der Waals surface area contributed by atoms with Gasteiger partial charge in [-0.05, 0) is 29.8 Å².